The Morgan fingerprint density at radius 2 is 1.68 bits per heavy atom. The summed E-state index contributed by atoms with van der Waals surface area (Å²) in [6, 6.07) is 11.2. The van der Waals surface area contributed by atoms with Crippen molar-refractivity contribution in [1.82, 2.24) is 0 Å². The van der Waals surface area contributed by atoms with E-state index in [1.165, 1.54) is 38.2 Å². The lowest BCUT2D eigenvalue weighted by Crippen LogP contribution is -2.21. The van der Waals surface area contributed by atoms with E-state index < -0.39 is 11.9 Å². The number of hydrogen-bond acceptors (Lipinski definition) is 5. The molecule has 28 heavy (non-hydrogen) atoms. The highest BCUT2D eigenvalue weighted by molar-refractivity contribution is 5.93. The van der Waals surface area contributed by atoms with Crippen LogP contribution < -0.4 is 14.8 Å². The minimum Gasteiger partial charge on any atom is -0.493 e. The number of amides is 1. The van der Waals surface area contributed by atoms with Crippen LogP contribution in [0.1, 0.15) is 29.5 Å². The fourth-order valence-electron chi connectivity index (χ4n) is 3.37. The smallest absolute Gasteiger partial charge is 0.310 e. The molecule has 6 heteroatoms. The number of rotatable bonds is 7. The minimum absolute atomic E-state index is 0.164. The van der Waals surface area contributed by atoms with Crippen LogP contribution in [-0.2, 0) is 33.6 Å². The molecule has 1 amide bonds. The van der Waals surface area contributed by atoms with Crippen molar-refractivity contribution in [3.05, 3.63) is 53.1 Å². The summed E-state index contributed by atoms with van der Waals surface area (Å²) in [4.78, 5) is 24.1. The Kier molecular flexibility index (Phi) is 6.53. The van der Waals surface area contributed by atoms with Gasteiger partial charge in [0.25, 0.3) is 5.91 Å². The number of nitrogens with one attached hydrogen (secondary N) is 1. The van der Waals surface area contributed by atoms with E-state index in [9.17, 15) is 9.59 Å². The number of hydrogen-bond donors (Lipinski definition) is 1. The normalized spacial score (nSPS) is 12.6. The van der Waals surface area contributed by atoms with Crippen LogP contribution in [0.2, 0.25) is 0 Å². The second-order valence-corrected chi connectivity index (χ2v) is 6.77. The third kappa shape index (κ3) is 5.03. The van der Waals surface area contributed by atoms with Gasteiger partial charge < -0.3 is 19.5 Å². The van der Waals surface area contributed by atoms with Gasteiger partial charge in [-0.25, -0.2) is 0 Å². The van der Waals surface area contributed by atoms with E-state index in [0.29, 0.717) is 17.2 Å². The predicted octanol–water partition coefficient (Wildman–Crippen LogP) is 3.31. The molecule has 2 aromatic carbocycles. The summed E-state index contributed by atoms with van der Waals surface area (Å²) in [5.74, 6) is 0.242. The van der Waals surface area contributed by atoms with E-state index in [-0.39, 0.29) is 13.0 Å². The van der Waals surface area contributed by atoms with E-state index in [1.807, 2.05) is 6.07 Å². The summed E-state index contributed by atoms with van der Waals surface area (Å²) in [5.41, 5.74) is 4.15. The van der Waals surface area contributed by atoms with Gasteiger partial charge in [0.15, 0.2) is 18.1 Å². The maximum absolute atomic E-state index is 12.1. The molecular weight excluding hydrogens is 358 g/mol. The van der Waals surface area contributed by atoms with Crippen molar-refractivity contribution in [1.29, 1.82) is 0 Å². The van der Waals surface area contributed by atoms with Gasteiger partial charge in [0.1, 0.15) is 0 Å². The number of esters is 1. The van der Waals surface area contributed by atoms with Gasteiger partial charge in [-0.1, -0.05) is 18.2 Å². The standard InChI is InChI=1S/C22H25NO5/c1-26-19-10-9-18(13-20(19)27-2)23-21(24)14-28-22(25)12-15-7-8-16-5-3-4-6-17(16)11-15/h7-11,13H,3-6,12,14H2,1-2H3,(H,23,24). The first-order valence-corrected chi connectivity index (χ1v) is 9.37. The Morgan fingerprint density at radius 1 is 0.929 bits per heavy atom. The molecule has 0 atom stereocenters. The SMILES string of the molecule is COc1ccc(NC(=O)COC(=O)Cc2ccc3c(c2)CCCC3)cc1OC. The number of anilines is 1. The third-order valence-electron chi connectivity index (χ3n) is 4.79. The zero-order valence-corrected chi connectivity index (χ0v) is 16.2. The third-order valence-corrected chi connectivity index (χ3v) is 4.79. The molecule has 0 aliphatic heterocycles. The Hall–Kier alpha value is -3.02. The first kappa shape index (κ1) is 19.7. The minimum atomic E-state index is -0.418. The molecule has 1 aliphatic carbocycles. The zero-order chi connectivity index (χ0) is 19.9. The molecule has 0 unspecified atom stereocenters. The van der Waals surface area contributed by atoms with Crippen molar-refractivity contribution in [2.45, 2.75) is 32.1 Å². The second kappa shape index (κ2) is 9.26. The zero-order valence-electron chi connectivity index (χ0n) is 16.2. The molecule has 1 N–H and O–H groups in total. The molecule has 3 rings (SSSR count). The number of methoxy groups -OCH3 is 2. The van der Waals surface area contributed by atoms with Gasteiger partial charge in [0.05, 0.1) is 20.6 Å². The molecular formula is C22H25NO5. The second-order valence-electron chi connectivity index (χ2n) is 6.77. The summed E-state index contributed by atoms with van der Waals surface area (Å²) in [5, 5.41) is 2.68. The van der Waals surface area contributed by atoms with E-state index in [1.54, 1.807) is 18.2 Å². The highest BCUT2D eigenvalue weighted by Gasteiger charge is 2.13. The van der Waals surface area contributed by atoms with Gasteiger partial charge in [-0.15, -0.1) is 0 Å². The largest absolute Gasteiger partial charge is 0.493 e. The maximum atomic E-state index is 12.1. The lowest BCUT2D eigenvalue weighted by molar-refractivity contribution is -0.146. The van der Waals surface area contributed by atoms with Crippen LogP contribution in [0, 0.1) is 0 Å². The molecule has 0 aromatic heterocycles. The summed E-state index contributed by atoms with van der Waals surface area (Å²) in [6.45, 7) is -0.335. The van der Waals surface area contributed by atoms with Crippen LogP contribution in [0.4, 0.5) is 5.69 Å². The van der Waals surface area contributed by atoms with Crippen molar-refractivity contribution in [2.24, 2.45) is 0 Å². The van der Waals surface area contributed by atoms with Crippen molar-refractivity contribution < 1.29 is 23.8 Å². The van der Waals surface area contributed by atoms with Crippen LogP contribution in [0.25, 0.3) is 0 Å². The summed E-state index contributed by atoms with van der Waals surface area (Å²) in [7, 11) is 3.06. The molecule has 0 bridgehead atoms. The van der Waals surface area contributed by atoms with Crippen LogP contribution >= 0.6 is 0 Å². The Labute approximate surface area is 164 Å². The number of ether oxygens (including phenoxy) is 3. The lowest BCUT2D eigenvalue weighted by atomic mass is 9.90. The molecule has 0 saturated carbocycles. The van der Waals surface area contributed by atoms with Crippen LogP contribution in [-0.4, -0.2) is 32.7 Å². The van der Waals surface area contributed by atoms with Crippen molar-refractivity contribution in [3.63, 3.8) is 0 Å². The molecule has 0 heterocycles. The Morgan fingerprint density at radius 3 is 2.43 bits per heavy atom. The topological polar surface area (TPSA) is 73.9 Å². The first-order chi connectivity index (χ1) is 13.6. The highest BCUT2D eigenvalue weighted by atomic mass is 16.5. The van der Waals surface area contributed by atoms with Crippen molar-refractivity contribution in [3.8, 4) is 11.5 Å². The summed E-state index contributed by atoms with van der Waals surface area (Å²) < 4.78 is 15.5. The number of fused-ring (bicyclic) bond motifs is 1. The molecule has 0 saturated heterocycles. The molecule has 0 spiro atoms. The Bertz CT molecular complexity index is 809. The molecule has 148 valence electrons. The molecule has 6 nitrogen and oxygen atoms in total. The average molecular weight is 383 g/mol. The van der Waals surface area contributed by atoms with Crippen molar-refractivity contribution >= 4 is 17.6 Å². The van der Waals surface area contributed by atoms with Crippen LogP contribution in [0.5, 0.6) is 11.5 Å². The number of benzene rings is 2. The quantitative estimate of drug-likeness (QED) is 0.743. The summed E-state index contributed by atoms with van der Waals surface area (Å²) in [6.07, 6.45) is 4.75. The van der Waals surface area contributed by atoms with E-state index >= 15 is 0 Å². The average Bonchev–Trinajstić information content (AvgIpc) is 2.72. The van der Waals surface area contributed by atoms with Gasteiger partial charge in [0, 0.05) is 11.8 Å². The molecule has 0 fully saturated rings. The number of carbonyl (C=O) groups excluding carboxylic acids is 2. The fourth-order valence-corrected chi connectivity index (χ4v) is 3.37. The molecule has 0 radical (unpaired) electrons. The number of carbonyl (C=O) groups is 2. The summed E-state index contributed by atoms with van der Waals surface area (Å²) >= 11 is 0. The van der Waals surface area contributed by atoms with Crippen molar-refractivity contribution in [2.75, 3.05) is 26.1 Å². The van der Waals surface area contributed by atoms with Gasteiger partial charge in [-0.05, 0) is 54.5 Å². The van der Waals surface area contributed by atoms with Crippen LogP contribution in [0.15, 0.2) is 36.4 Å². The van der Waals surface area contributed by atoms with E-state index in [0.717, 1.165) is 18.4 Å². The maximum Gasteiger partial charge on any atom is 0.310 e. The van der Waals surface area contributed by atoms with Crippen LogP contribution in [0.3, 0.4) is 0 Å². The predicted molar refractivity (Wildman–Crippen MR) is 106 cm³/mol. The highest BCUT2D eigenvalue weighted by Crippen LogP contribution is 2.29. The molecule has 2 aromatic rings. The van der Waals surface area contributed by atoms with E-state index in [2.05, 4.69) is 17.4 Å². The van der Waals surface area contributed by atoms with Gasteiger partial charge in [0.2, 0.25) is 0 Å². The first-order valence-electron chi connectivity index (χ1n) is 9.37. The Balaban J connectivity index is 1.50. The van der Waals surface area contributed by atoms with E-state index in [4.69, 9.17) is 14.2 Å². The lowest BCUT2D eigenvalue weighted by Gasteiger charge is -2.16. The molecule has 1 aliphatic rings. The van der Waals surface area contributed by atoms with Gasteiger partial charge >= 0.3 is 5.97 Å². The van der Waals surface area contributed by atoms with Gasteiger partial charge in [-0.2, -0.15) is 0 Å². The van der Waals surface area contributed by atoms with Gasteiger partial charge in [-0.3, -0.25) is 9.59 Å². The fraction of sp³-hybridized carbons (Fsp3) is 0.364. The number of aryl methyl sites for hydroxylation is 2. The monoisotopic (exact) mass is 383 g/mol.